The van der Waals surface area contributed by atoms with E-state index in [0.717, 1.165) is 12.1 Å². The van der Waals surface area contributed by atoms with Crippen LogP contribution in [-0.2, 0) is 6.42 Å². The SMILES string of the molecule is C[C@H]1CC(=O)c2sc(NC(=O)c3cccnc3Cl)nc2C1. The van der Waals surface area contributed by atoms with E-state index in [1.807, 2.05) is 6.92 Å². The van der Waals surface area contributed by atoms with E-state index in [4.69, 9.17) is 11.6 Å². The molecule has 0 saturated heterocycles. The number of hydrogen-bond acceptors (Lipinski definition) is 5. The second kappa shape index (κ2) is 5.54. The summed E-state index contributed by atoms with van der Waals surface area (Å²) >= 11 is 7.10. The zero-order valence-electron chi connectivity index (χ0n) is 11.2. The molecule has 1 amide bonds. The quantitative estimate of drug-likeness (QED) is 0.862. The van der Waals surface area contributed by atoms with Crippen molar-refractivity contribution >= 4 is 39.8 Å². The fourth-order valence-corrected chi connectivity index (χ4v) is 3.43. The minimum atomic E-state index is -0.375. The summed E-state index contributed by atoms with van der Waals surface area (Å²) < 4.78 is 0. The van der Waals surface area contributed by atoms with Gasteiger partial charge in [0.2, 0.25) is 0 Å². The van der Waals surface area contributed by atoms with E-state index in [2.05, 4.69) is 15.3 Å². The van der Waals surface area contributed by atoms with Crippen molar-refractivity contribution in [1.29, 1.82) is 0 Å². The van der Waals surface area contributed by atoms with E-state index in [-0.39, 0.29) is 22.4 Å². The molecule has 108 valence electrons. The van der Waals surface area contributed by atoms with Gasteiger partial charge >= 0.3 is 0 Å². The molecule has 0 aromatic carbocycles. The molecule has 1 atom stereocenters. The summed E-state index contributed by atoms with van der Waals surface area (Å²) in [5.41, 5.74) is 1.06. The summed E-state index contributed by atoms with van der Waals surface area (Å²) in [6.45, 7) is 2.02. The van der Waals surface area contributed by atoms with Crippen molar-refractivity contribution in [2.75, 3.05) is 5.32 Å². The molecular formula is C14H12ClN3O2S. The summed E-state index contributed by atoms with van der Waals surface area (Å²) in [6, 6.07) is 3.23. The fourth-order valence-electron chi connectivity index (χ4n) is 2.29. The van der Waals surface area contributed by atoms with Crippen molar-refractivity contribution in [1.82, 2.24) is 9.97 Å². The number of hydrogen-bond donors (Lipinski definition) is 1. The number of halogens is 1. The first-order chi connectivity index (χ1) is 10.0. The van der Waals surface area contributed by atoms with E-state index < -0.39 is 0 Å². The van der Waals surface area contributed by atoms with E-state index in [9.17, 15) is 9.59 Å². The van der Waals surface area contributed by atoms with Gasteiger partial charge in [-0.25, -0.2) is 9.97 Å². The lowest BCUT2D eigenvalue weighted by molar-refractivity contribution is 0.0956. The Morgan fingerprint density at radius 3 is 3.05 bits per heavy atom. The molecule has 1 N–H and O–H groups in total. The standard InChI is InChI=1S/C14H12ClN3O2S/c1-7-5-9-11(10(19)6-7)21-14(17-9)18-13(20)8-3-2-4-16-12(8)15/h2-4,7H,5-6H2,1H3,(H,17,18,20)/t7-/m1/s1. The Balaban J connectivity index is 1.84. The van der Waals surface area contributed by atoms with Crippen LogP contribution in [0.15, 0.2) is 18.3 Å². The summed E-state index contributed by atoms with van der Waals surface area (Å²) in [6.07, 6.45) is 2.82. The lowest BCUT2D eigenvalue weighted by Crippen LogP contribution is -2.16. The summed E-state index contributed by atoms with van der Waals surface area (Å²) in [4.78, 5) is 33.0. The van der Waals surface area contributed by atoms with Crippen LogP contribution in [0.5, 0.6) is 0 Å². The number of thiazole rings is 1. The maximum Gasteiger partial charge on any atom is 0.260 e. The second-order valence-corrected chi connectivity index (χ2v) is 6.38. The van der Waals surface area contributed by atoms with E-state index >= 15 is 0 Å². The summed E-state index contributed by atoms with van der Waals surface area (Å²) in [5.74, 6) is 0.0178. The molecule has 7 heteroatoms. The fraction of sp³-hybridized carbons (Fsp3) is 0.286. The molecular weight excluding hydrogens is 310 g/mol. The maximum atomic E-state index is 12.1. The molecule has 2 aromatic heterocycles. The molecule has 0 saturated carbocycles. The third kappa shape index (κ3) is 2.82. The van der Waals surface area contributed by atoms with Gasteiger partial charge in [0.1, 0.15) is 5.15 Å². The molecule has 0 aliphatic heterocycles. The van der Waals surface area contributed by atoms with Crippen LogP contribution in [-0.4, -0.2) is 21.7 Å². The number of rotatable bonds is 2. The first kappa shape index (κ1) is 14.2. The monoisotopic (exact) mass is 321 g/mol. The highest BCUT2D eigenvalue weighted by molar-refractivity contribution is 7.17. The number of fused-ring (bicyclic) bond motifs is 1. The highest BCUT2D eigenvalue weighted by Crippen LogP contribution is 2.32. The van der Waals surface area contributed by atoms with Crippen LogP contribution in [0.1, 0.15) is 39.1 Å². The van der Waals surface area contributed by atoms with Crippen molar-refractivity contribution in [2.45, 2.75) is 19.8 Å². The van der Waals surface area contributed by atoms with Crippen LogP contribution in [0.25, 0.3) is 0 Å². The Kier molecular flexibility index (Phi) is 3.73. The Bertz CT molecular complexity index is 729. The topological polar surface area (TPSA) is 72.0 Å². The number of carbonyl (C=O) groups is 2. The number of anilines is 1. The molecule has 1 aliphatic carbocycles. The van der Waals surface area contributed by atoms with Crippen LogP contribution in [0.3, 0.4) is 0 Å². The van der Waals surface area contributed by atoms with Gasteiger partial charge in [-0.2, -0.15) is 0 Å². The number of amides is 1. The van der Waals surface area contributed by atoms with Gasteiger partial charge in [0.05, 0.1) is 16.1 Å². The number of nitrogens with zero attached hydrogens (tertiary/aromatic N) is 2. The van der Waals surface area contributed by atoms with Gasteiger partial charge in [-0.3, -0.25) is 14.9 Å². The van der Waals surface area contributed by atoms with Crippen LogP contribution in [0, 0.1) is 5.92 Å². The molecule has 5 nitrogen and oxygen atoms in total. The molecule has 0 spiro atoms. The van der Waals surface area contributed by atoms with Crippen LogP contribution >= 0.6 is 22.9 Å². The highest BCUT2D eigenvalue weighted by Gasteiger charge is 2.27. The molecule has 3 rings (SSSR count). The van der Waals surface area contributed by atoms with Crippen molar-refractivity contribution in [3.63, 3.8) is 0 Å². The summed E-state index contributed by atoms with van der Waals surface area (Å²) in [7, 11) is 0. The molecule has 0 bridgehead atoms. The molecule has 0 fully saturated rings. The maximum absolute atomic E-state index is 12.1. The minimum Gasteiger partial charge on any atom is -0.298 e. The lowest BCUT2D eigenvalue weighted by Gasteiger charge is -2.14. The van der Waals surface area contributed by atoms with E-state index in [1.165, 1.54) is 17.5 Å². The van der Waals surface area contributed by atoms with Gasteiger partial charge in [0.15, 0.2) is 10.9 Å². The van der Waals surface area contributed by atoms with Gasteiger partial charge < -0.3 is 0 Å². The minimum absolute atomic E-state index is 0.0983. The van der Waals surface area contributed by atoms with Crippen molar-refractivity contribution in [2.24, 2.45) is 5.92 Å². The number of Topliss-reactive ketones (excluding diaryl/α,β-unsaturated/α-hetero) is 1. The molecule has 0 unspecified atom stereocenters. The van der Waals surface area contributed by atoms with Crippen molar-refractivity contribution < 1.29 is 9.59 Å². The van der Waals surface area contributed by atoms with Gasteiger partial charge in [0.25, 0.3) is 5.91 Å². The number of carbonyl (C=O) groups excluding carboxylic acids is 2. The van der Waals surface area contributed by atoms with Crippen molar-refractivity contribution in [3.8, 4) is 0 Å². The lowest BCUT2D eigenvalue weighted by atomic mass is 9.92. The molecule has 1 aliphatic rings. The Hall–Kier alpha value is -1.79. The molecule has 2 aromatic rings. The summed E-state index contributed by atoms with van der Waals surface area (Å²) in [5, 5.41) is 3.25. The van der Waals surface area contributed by atoms with Gasteiger partial charge in [0, 0.05) is 12.6 Å². The van der Waals surface area contributed by atoms with Crippen LogP contribution < -0.4 is 5.32 Å². The smallest absolute Gasteiger partial charge is 0.260 e. The van der Waals surface area contributed by atoms with Gasteiger partial charge in [-0.1, -0.05) is 29.9 Å². The second-order valence-electron chi connectivity index (χ2n) is 5.03. The first-order valence-electron chi connectivity index (χ1n) is 6.49. The third-order valence-electron chi connectivity index (χ3n) is 3.25. The Morgan fingerprint density at radius 1 is 1.48 bits per heavy atom. The van der Waals surface area contributed by atoms with E-state index in [1.54, 1.807) is 12.1 Å². The Morgan fingerprint density at radius 2 is 2.29 bits per heavy atom. The predicted octanol–water partition coefficient (Wildman–Crippen LogP) is 3.21. The van der Waals surface area contributed by atoms with Gasteiger partial charge in [-0.15, -0.1) is 0 Å². The van der Waals surface area contributed by atoms with Crippen molar-refractivity contribution in [3.05, 3.63) is 39.6 Å². The molecule has 2 heterocycles. The normalized spacial score (nSPS) is 17.4. The number of nitrogens with one attached hydrogen (secondary N) is 1. The third-order valence-corrected chi connectivity index (χ3v) is 4.61. The Labute approximate surface area is 130 Å². The number of ketones is 1. The van der Waals surface area contributed by atoms with Crippen LogP contribution in [0.2, 0.25) is 5.15 Å². The molecule has 0 radical (unpaired) electrons. The number of aromatic nitrogens is 2. The highest BCUT2D eigenvalue weighted by atomic mass is 35.5. The first-order valence-corrected chi connectivity index (χ1v) is 7.69. The zero-order valence-corrected chi connectivity index (χ0v) is 12.8. The van der Waals surface area contributed by atoms with Gasteiger partial charge in [-0.05, 0) is 24.5 Å². The van der Waals surface area contributed by atoms with Crippen LogP contribution in [0.4, 0.5) is 5.13 Å². The predicted molar refractivity (Wildman–Crippen MR) is 81.1 cm³/mol. The van der Waals surface area contributed by atoms with E-state index in [0.29, 0.717) is 22.3 Å². The zero-order chi connectivity index (χ0) is 15.0. The largest absolute Gasteiger partial charge is 0.298 e. The average Bonchev–Trinajstić information content (AvgIpc) is 2.81. The molecule has 21 heavy (non-hydrogen) atoms. The average molecular weight is 322 g/mol. The number of pyridine rings is 1.